The zero-order valence-corrected chi connectivity index (χ0v) is 15.7. The maximum atomic E-state index is 11.6. The van der Waals surface area contributed by atoms with Gasteiger partial charge in [0.15, 0.2) is 5.79 Å². The van der Waals surface area contributed by atoms with Gasteiger partial charge in [0.05, 0.1) is 32.3 Å². The van der Waals surface area contributed by atoms with Crippen LogP contribution in [0.1, 0.15) is 51.4 Å². The maximum absolute atomic E-state index is 11.6. The molecule has 7 atom stereocenters. The molecule has 3 heterocycles. The van der Waals surface area contributed by atoms with E-state index >= 15 is 0 Å². The zero-order valence-electron chi connectivity index (χ0n) is 15.7. The van der Waals surface area contributed by atoms with Crippen molar-refractivity contribution in [2.24, 2.45) is 0 Å². The van der Waals surface area contributed by atoms with E-state index in [0.717, 1.165) is 32.1 Å². The van der Waals surface area contributed by atoms with Gasteiger partial charge in [-0.15, -0.1) is 0 Å². The lowest BCUT2D eigenvalue weighted by Gasteiger charge is -2.47. The first kappa shape index (κ1) is 19.5. The van der Waals surface area contributed by atoms with Crippen molar-refractivity contribution in [2.75, 3.05) is 13.7 Å². The Balaban J connectivity index is 1.54. The number of aliphatic hydroxyl groups is 2. The van der Waals surface area contributed by atoms with Crippen LogP contribution in [0.4, 0.5) is 0 Å². The molecule has 0 aromatic heterocycles. The van der Waals surface area contributed by atoms with E-state index < -0.39 is 30.7 Å². The van der Waals surface area contributed by atoms with Gasteiger partial charge >= 0.3 is 5.97 Å². The van der Waals surface area contributed by atoms with Gasteiger partial charge in [0.2, 0.25) is 0 Å². The van der Waals surface area contributed by atoms with Crippen molar-refractivity contribution >= 4 is 5.97 Å². The molecule has 27 heavy (non-hydrogen) atoms. The molecule has 3 aliphatic heterocycles. The summed E-state index contributed by atoms with van der Waals surface area (Å²) in [5.74, 6) is -0.953. The van der Waals surface area contributed by atoms with Crippen LogP contribution in [0.5, 0.6) is 0 Å². The molecule has 1 saturated carbocycles. The topological polar surface area (TPSA) is 104 Å². The number of fused-ring (bicyclic) bond motifs is 3. The summed E-state index contributed by atoms with van der Waals surface area (Å²) >= 11 is 0. The molecule has 4 aliphatic rings. The molecule has 1 aliphatic carbocycles. The van der Waals surface area contributed by atoms with Gasteiger partial charge in [0, 0.05) is 12.8 Å². The summed E-state index contributed by atoms with van der Waals surface area (Å²) in [7, 11) is 1.37. The Morgan fingerprint density at radius 2 is 1.85 bits per heavy atom. The molecule has 1 unspecified atom stereocenters. The van der Waals surface area contributed by atoms with Gasteiger partial charge in [-0.05, 0) is 25.7 Å². The molecule has 0 bridgehead atoms. The molecule has 0 aromatic carbocycles. The van der Waals surface area contributed by atoms with Crippen molar-refractivity contribution < 1.29 is 38.7 Å². The lowest BCUT2D eigenvalue weighted by atomic mass is 9.87. The van der Waals surface area contributed by atoms with E-state index in [1.54, 1.807) is 0 Å². The van der Waals surface area contributed by atoms with E-state index in [4.69, 9.17) is 23.7 Å². The minimum atomic E-state index is -1.03. The zero-order chi connectivity index (χ0) is 19.0. The number of carbonyl (C=O) groups is 1. The summed E-state index contributed by atoms with van der Waals surface area (Å²) in [6.45, 7) is -0.395. The van der Waals surface area contributed by atoms with E-state index in [2.05, 4.69) is 0 Å². The smallest absolute Gasteiger partial charge is 0.308 e. The van der Waals surface area contributed by atoms with Crippen LogP contribution in [-0.2, 0) is 28.5 Å². The standard InChI is InChI=1S/C19H30O8/c1-23-14(22)9-11-5-6-13-16(24-11)18-17(15(25-13)12(21)10-20)26-19(27-18)7-3-2-4-8-19/h11-13,15-18,20-21H,2-10H2,1H3/t11-,12-,13+,15+,16+,17?,18+/m1/s1. The van der Waals surface area contributed by atoms with Crippen molar-refractivity contribution in [1.82, 2.24) is 0 Å². The summed E-state index contributed by atoms with van der Waals surface area (Å²) in [6.07, 6.45) is 3.00. The fraction of sp³-hybridized carbons (Fsp3) is 0.947. The number of hydrogen-bond donors (Lipinski definition) is 2. The Morgan fingerprint density at radius 3 is 2.56 bits per heavy atom. The van der Waals surface area contributed by atoms with Crippen molar-refractivity contribution in [3.63, 3.8) is 0 Å². The Labute approximate surface area is 159 Å². The Morgan fingerprint density at radius 1 is 1.11 bits per heavy atom. The van der Waals surface area contributed by atoms with Crippen molar-refractivity contribution in [3.8, 4) is 0 Å². The average Bonchev–Trinajstić information content (AvgIpc) is 3.06. The van der Waals surface area contributed by atoms with Gasteiger partial charge in [-0.25, -0.2) is 0 Å². The number of carbonyl (C=O) groups excluding carboxylic acids is 1. The normalized spacial score (nSPS) is 41.6. The van der Waals surface area contributed by atoms with E-state index in [1.165, 1.54) is 7.11 Å². The van der Waals surface area contributed by atoms with Crippen molar-refractivity contribution in [2.45, 2.75) is 99.9 Å². The van der Waals surface area contributed by atoms with Crippen molar-refractivity contribution in [3.05, 3.63) is 0 Å². The predicted molar refractivity (Wildman–Crippen MR) is 91.8 cm³/mol. The fourth-order valence-corrected chi connectivity index (χ4v) is 4.93. The molecule has 154 valence electrons. The molecular formula is C19H30O8. The predicted octanol–water partition coefficient (Wildman–Crippen LogP) is 0.662. The second-order valence-electron chi connectivity index (χ2n) is 8.11. The number of aliphatic hydroxyl groups excluding tert-OH is 2. The van der Waals surface area contributed by atoms with Crippen LogP contribution >= 0.6 is 0 Å². The minimum absolute atomic E-state index is 0.200. The highest BCUT2D eigenvalue weighted by Gasteiger charge is 2.60. The highest BCUT2D eigenvalue weighted by molar-refractivity contribution is 5.69. The molecule has 8 nitrogen and oxygen atoms in total. The molecule has 4 rings (SSSR count). The first-order chi connectivity index (χ1) is 13.0. The molecule has 4 fully saturated rings. The summed E-state index contributed by atoms with van der Waals surface area (Å²) < 4.78 is 29.8. The largest absolute Gasteiger partial charge is 0.469 e. The summed E-state index contributed by atoms with van der Waals surface area (Å²) in [5.41, 5.74) is 0. The van der Waals surface area contributed by atoms with Crippen LogP contribution in [0.2, 0.25) is 0 Å². The lowest BCUT2D eigenvalue weighted by molar-refractivity contribution is -0.256. The van der Waals surface area contributed by atoms with Crippen molar-refractivity contribution in [1.29, 1.82) is 0 Å². The van der Waals surface area contributed by atoms with E-state index in [1.807, 2.05) is 0 Å². The third-order valence-electron chi connectivity index (χ3n) is 6.30. The SMILES string of the molecule is COC(=O)C[C@H]1CC[C@@H]2O[C@@H]([C@H](O)CO)C3OC4(CCCCC4)O[C@H]3[C@H]2O1. The summed E-state index contributed by atoms with van der Waals surface area (Å²) in [4.78, 5) is 11.6. The molecule has 1 spiro atoms. The average molecular weight is 386 g/mol. The van der Waals surface area contributed by atoms with Gasteiger partial charge in [-0.3, -0.25) is 4.79 Å². The third-order valence-corrected chi connectivity index (χ3v) is 6.30. The van der Waals surface area contributed by atoms with Gasteiger partial charge in [0.1, 0.15) is 30.5 Å². The number of esters is 1. The summed E-state index contributed by atoms with van der Waals surface area (Å²) in [6, 6.07) is 0. The highest BCUT2D eigenvalue weighted by Crippen LogP contribution is 2.47. The Kier molecular flexibility index (Phi) is 5.74. The van der Waals surface area contributed by atoms with Gasteiger partial charge < -0.3 is 33.9 Å². The van der Waals surface area contributed by atoms with Gasteiger partial charge in [0.25, 0.3) is 0 Å². The Bertz CT molecular complexity index is 534. The first-order valence-electron chi connectivity index (χ1n) is 10.1. The second-order valence-corrected chi connectivity index (χ2v) is 8.11. The number of hydrogen-bond acceptors (Lipinski definition) is 8. The van der Waals surface area contributed by atoms with Gasteiger partial charge in [-0.2, -0.15) is 0 Å². The number of methoxy groups -OCH3 is 1. The van der Waals surface area contributed by atoms with Crippen LogP contribution in [0.15, 0.2) is 0 Å². The highest BCUT2D eigenvalue weighted by atomic mass is 16.8. The number of ether oxygens (including phenoxy) is 5. The van der Waals surface area contributed by atoms with Crippen LogP contribution in [0.3, 0.4) is 0 Å². The molecule has 3 saturated heterocycles. The Hall–Kier alpha value is -0.770. The number of rotatable bonds is 4. The quantitative estimate of drug-likeness (QED) is 0.680. The third kappa shape index (κ3) is 3.75. The fourth-order valence-electron chi connectivity index (χ4n) is 4.93. The molecular weight excluding hydrogens is 356 g/mol. The second kappa shape index (κ2) is 7.93. The van der Waals surface area contributed by atoms with Gasteiger partial charge in [-0.1, -0.05) is 6.42 Å². The monoisotopic (exact) mass is 386 g/mol. The van der Waals surface area contributed by atoms with Crippen LogP contribution in [-0.4, -0.2) is 78.4 Å². The molecule has 0 aromatic rings. The molecule has 0 amide bonds. The maximum Gasteiger partial charge on any atom is 0.308 e. The van der Waals surface area contributed by atoms with Crippen LogP contribution in [0.25, 0.3) is 0 Å². The molecule has 0 radical (unpaired) electrons. The van der Waals surface area contributed by atoms with E-state index in [9.17, 15) is 15.0 Å². The first-order valence-corrected chi connectivity index (χ1v) is 10.1. The van der Waals surface area contributed by atoms with Crippen LogP contribution < -0.4 is 0 Å². The van der Waals surface area contributed by atoms with E-state index in [-0.39, 0.29) is 36.8 Å². The minimum Gasteiger partial charge on any atom is -0.469 e. The van der Waals surface area contributed by atoms with E-state index in [0.29, 0.717) is 12.8 Å². The van der Waals surface area contributed by atoms with Crippen LogP contribution in [0, 0.1) is 0 Å². The summed E-state index contributed by atoms with van der Waals surface area (Å²) in [5, 5.41) is 19.8. The molecule has 2 N–H and O–H groups in total. The molecule has 8 heteroatoms. The lowest BCUT2D eigenvalue weighted by Crippen LogP contribution is -2.62.